The number of hydrogen-bond donors (Lipinski definition) is 2. The van der Waals surface area contributed by atoms with Gasteiger partial charge in [0.25, 0.3) is 5.91 Å². The number of ether oxygens (including phenoxy) is 1. The highest BCUT2D eigenvalue weighted by Gasteiger charge is 2.23. The molecule has 3 aromatic rings. The van der Waals surface area contributed by atoms with Gasteiger partial charge >= 0.3 is 0 Å². The van der Waals surface area contributed by atoms with E-state index in [0.717, 1.165) is 38.2 Å². The van der Waals surface area contributed by atoms with Crippen LogP contribution in [-0.4, -0.2) is 70.5 Å². The van der Waals surface area contributed by atoms with Crippen LogP contribution in [0, 0.1) is 5.92 Å². The number of piperidine rings is 1. The van der Waals surface area contributed by atoms with Crippen LogP contribution >= 0.6 is 0 Å². The van der Waals surface area contributed by atoms with Gasteiger partial charge in [0.05, 0.1) is 12.7 Å². The highest BCUT2D eigenvalue weighted by molar-refractivity contribution is 5.92. The number of pyridine rings is 1. The lowest BCUT2D eigenvalue weighted by atomic mass is 9.98. The molecular weight excluding hydrogens is 384 g/mol. The molecule has 3 aromatic heterocycles. The lowest BCUT2D eigenvalue weighted by Gasteiger charge is -2.26. The first-order valence-corrected chi connectivity index (χ1v) is 10.3. The van der Waals surface area contributed by atoms with E-state index in [1.54, 1.807) is 28.9 Å². The second-order valence-corrected chi connectivity index (χ2v) is 7.70. The zero-order valence-electron chi connectivity index (χ0n) is 16.8. The van der Waals surface area contributed by atoms with Crippen LogP contribution in [0.1, 0.15) is 23.3 Å². The van der Waals surface area contributed by atoms with E-state index in [4.69, 9.17) is 4.74 Å². The van der Waals surface area contributed by atoms with E-state index in [2.05, 4.69) is 35.8 Å². The Balaban J connectivity index is 1.40. The van der Waals surface area contributed by atoms with E-state index in [1.165, 1.54) is 0 Å². The summed E-state index contributed by atoms with van der Waals surface area (Å²) < 4.78 is 7.42. The molecule has 0 unspecified atom stereocenters. The molecule has 2 aliphatic heterocycles. The fraction of sp³-hybridized carbons (Fsp3) is 0.450. The van der Waals surface area contributed by atoms with E-state index in [0.29, 0.717) is 47.7 Å². The second kappa shape index (κ2) is 7.86. The minimum atomic E-state index is -0.181. The quantitative estimate of drug-likeness (QED) is 0.651. The molecule has 2 aliphatic rings. The molecule has 1 amide bonds. The van der Waals surface area contributed by atoms with Crippen LogP contribution in [0.2, 0.25) is 0 Å². The van der Waals surface area contributed by atoms with Crippen LogP contribution in [0.5, 0.6) is 5.75 Å². The third kappa shape index (κ3) is 3.43. The molecule has 0 aromatic carbocycles. The van der Waals surface area contributed by atoms with Crippen LogP contribution in [-0.2, 0) is 0 Å². The van der Waals surface area contributed by atoms with E-state index >= 15 is 0 Å². The Morgan fingerprint density at radius 1 is 1.30 bits per heavy atom. The van der Waals surface area contributed by atoms with Gasteiger partial charge in [0.2, 0.25) is 11.5 Å². The van der Waals surface area contributed by atoms with E-state index < -0.39 is 0 Å². The first kappa shape index (κ1) is 18.7. The van der Waals surface area contributed by atoms with Crippen LogP contribution in [0.4, 0.5) is 5.69 Å². The smallest absolute Gasteiger partial charge is 0.269 e. The number of carbonyl (C=O) groups excluding carboxylic acids is 1. The molecule has 0 radical (unpaired) electrons. The summed E-state index contributed by atoms with van der Waals surface area (Å²) in [5.74, 6) is 1.46. The summed E-state index contributed by atoms with van der Waals surface area (Å²) in [5.41, 5.74) is 2.31. The van der Waals surface area contributed by atoms with Gasteiger partial charge in [-0.2, -0.15) is 9.61 Å². The standard InChI is InChI=1S/C20H24N8O2/c1-27-9-10-30-17-16(27)12-23-28-18(25-26-19(17)28)14-3-2-4-15(24-14)20(29)22-11-13-5-7-21-8-6-13/h2-4,12-13,21H,5-11H2,1H3,(H,22,29). The van der Waals surface area contributed by atoms with Gasteiger partial charge in [-0.15, -0.1) is 10.2 Å². The summed E-state index contributed by atoms with van der Waals surface area (Å²) in [7, 11) is 1.99. The van der Waals surface area contributed by atoms with E-state index in [1.807, 2.05) is 7.05 Å². The Morgan fingerprint density at radius 2 is 2.17 bits per heavy atom. The summed E-state index contributed by atoms with van der Waals surface area (Å²) in [4.78, 5) is 19.2. The van der Waals surface area contributed by atoms with Crippen LogP contribution in [0.3, 0.4) is 0 Å². The zero-order valence-corrected chi connectivity index (χ0v) is 16.8. The largest absolute Gasteiger partial charge is 0.486 e. The maximum absolute atomic E-state index is 12.6. The first-order chi connectivity index (χ1) is 14.7. The summed E-state index contributed by atoms with van der Waals surface area (Å²) in [6.07, 6.45) is 3.89. The van der Waals surface area contributed by atoms with Crippen molar-refractivity contribution in [1.29, 1.82) is 0 Å². The van der Waals surface area contributed by atoms with Crippen molar-refractivity contribution in [2.24, 2.45) is 5.92 Å². The van der Waals surface area contributed by atoms with Crippen LogP contribution < -0.4 is 20.3 Å². The Bertz CT molecular complexity index is 1080. The number of rotatable bonds is 4. The number of nitrogens with zero attached hydrogens (tertiary/aromatic N) is 6. The summed E-state index contributed by atoms with van der Waals surface area (Å²) in [6, 6.07) is 5.30. The molecule has 1 saturated heterocycles. The predicted octanol–water partition coefficient (Wildman–Crippen LogP) is 0.744. The van der Waals surface area contributed by atoms with Gasteiger partial charge in [-0.05, 0) is 44.0 Å². The van der Waals surface area contributed by atoms with Crippen molar-refractivity contribution < 1.29 is 9.53 Å². The second-order valence-electron chi connectivity index (χ2n) is 7.70. The Hall–Kier alpha value is -3.27. The Labute approximate surface area is 173 Å². The molecular formula is C20H24N8O2. The summed E-state index contributed by atoms with van der Waals surface area (Å²) in [5, 5.41) is 19.4. The summed E-state index contributed by atoms with van der Waals surface area (Å²) >= 11 is 0. The van der Waals surface area contributed by atoms with Crippen molar-refractivity contribution in [1.82, 2.24) is 35.4 Å². The van der Waals surface area contributed by atoms with Crippen molar-refractivity contribution in [2.45, 2.75) is 12.8 Å². The number of nitrogens with one attached hydrogen (secondary N) is 2. The molecule has 0 saturated carbocycles. The van der Waals surface area contributed by atoms with Gasteiger partial charge in [-0.3, -0.25) is 4.79 Å². The average molecular weight is 408 g/mol. The monoisotopic (exact) mass is 408 g/mol. The number of carbonyl (C=O) groups is 1. The minimum absolute atomic E-state index is 0.181. The SMILES string of the molecule is CN1CCOc2c1cnn1c(-c3cccc(C(=O)NCC4CCNCC4)n3)nnc21. The highest BCUT2D eigenvalue weighted by Crippen LogP contribution is 2.34. The normalized spacial score (nSPS) is 16.9. The number of aromatic nitrogens is 5. The molecule has 10 nitrogen and oxygen atoms in total. The molecule has 156 valence electrons. The van der Waals surface area contributed by atoms with Crippen molar-refractivity contribution in [3.05, 3.63) is 30.1 Å². The summed E-state index contributed by atoms with van der Waals surface area (Å²) in [6.45, 7) is 4.05. The predicted molar refractivity (Wildman–Crippen MR) is 111 cm³/mol. The molecule has 10 heteroatoms. The van der Waals surface area contributed by atoms with Crippen molar-refractivity contribution in [2.75, 3.05) is 44.7 Å². The molecule has 0 atom stereocenters. The Kier molecular flexibility index (Phi) is 4.91. The topological polar surface area (TPSA) is 110 Å². The molecule has 1 fully saturated rings. The molecule has 2 N–H and O–H groups in total. The van der Waals surface area contributed by atoms with Crippen molar-refractivity contribution in [3.8, 4) is 17.3 Å². The molecule has 30 heavy (non-hydrogen) atoms. The van der Waals surface area contributed by atoms with Crippen molar-refractivity contribution >= 4 is 17.2 Å². The van der Waals surface area contributed by atoms with Gasteiger partial charge in [-0.1, -0.05) is 6.07 Å². The van der Waals surface area contributed by atoms with Crippen LogP contribution in [0.25, 0.3) is 17.2 Å². The Morgan fingerprint density at radius 3 is 3.03 bits per heavy atom. The van der Waals surface area contributed by atoms with Gasteiger partial charge in [0.15, 0.2) is 5.75 Å². The molecule has 0 aliphatic carbocycles. The van der Waals surface area contributed by atoms with Crippen molar-refractivity contribution in [3.63, 3.8) is 0 Å². The van der Waals surface area contributed by atoms with Gasteiger partial charge in [0.1, 0.15) is 23.7 Å². The van der Waals surface area contributed by atoms with Crippen LogP contribution in [0.15, 0.2) is 24.4 Å². The molecule has 0 bridgehead atoms. The maximum Gasteiger partial charge on any atom is 0.269 e. The minimum Gasteiger partial charge on any atom is -0.486 e. The number of fused-ring (bicyclic) bond motifs is 3. The lowest BCUT2D eigenvalue weighted by Crippen LogP contribution is -2.36. The molecule has 5 heterocycles. The number of likely N-dealkylation sites (N-methyl/N-ethyl adjacent to an activating group) is 1. The number of anilines is 1. The fourth-order valence-corrected chi connectivity index (χ4v) is 3.89. The van der Waals surface area contributed by atoms with E-state index in [9.17, 15) is 4.79 Å². The number of amides is 1. The maximum atomic E-state index is 12.6. The highest BCUT2D eigenvalue weighted by atomic mass is 16.5. The van der Waals surface area contributed by atoms with Gasteiger partial charge in [0, 0.05) is 13.6 Å². The molecule has 5 rings (SSSR count). The number of hydrogen-bond acceptors (Lipinski definition) is 8. The third-order valence-corrected chi connectivity index (χ3v) is 5.68. The van der Waals surface area contributed by atoms with Gasteiger partial charge < -0.3 is 20.3 Å². The third-order valence-electron chi connectivity index (χ3n) is 5.68. The van der Waals surface area contributed by atoms with Gasteiger partial charge in [-0.25, -0.2) is 4.98 Å². The fourth-order valence-electron chi connectivity index (χ4n) is 3.89. The van der Waals surface area contributed by atoms with E-state index in [-0.39, 0.29) is 5.91 Å². The molecule has 0 spiro atoms. The first-order valence-electron chi connectivity index (χ1n) is 10.3. The lowest BCUT2D eigenvalue weighted by molar-refractivity contribution is 0.0939. The zero-order chi connectivity index (χ0) is 20.5. The average Bonchev–Trinajstić information content (AvgIpc) is 3.23.